The fraction of sp³-hybridized carbons (Fsp3) is 0.391. The minimum atomic E-state index is -0.270. The zero-order valence-corrected chi connectivity index (χ0v) is 16.8. The van der Waals surface area contributed by atoms with E-state index in [9.17, 15) is 14.0 Å². The summed E-state index contributed by atoms with van der Waals surface area (Å²) in [6.07, 6.45) is 2.80. The third-order valence-corrected chi connectivity index (χ3v) is 5.19. The average molecular weight is 399 g/mol. The van der Waals surface area contributed by atoms with Crippen molar-refractivity contribution in [2.24, 2.45) is 0 Å². The van der Waals surface area contributed by atoms with Crippen molar-refractivity contribution in [1.82, 2.24) is 4.90 Å². The number of halogens is 1. The van der Waals surface area contributed by atoms with Crippen LogP contribution in [0.4, 0.5) is 4.39 Å². The molecule has 1 heterocycles. The Balaban J connectivity index is 1.52. The lowest BCUT2D eigenvalue weighted by Crippen LogP contribution is -2.30. The lowest BCUT2D eigenvalue weighted by Gasteiger charge is -2.25. The van der Waals surface area contributed by atoms with Crippen molar-refractivity contribution < 1.29 is 23.5 Å². The number of hydrogen-bond donors (Lipinski definition) is 0. The SMILES string of the molecule is COc1cc(C(C)=O)ccc1OCCCC(=O)N1CCC[C@H]1c1ccc(F)cc1. The van der Waals surface area contributed by atoms with Crippen molar-refractivity contribution in [2.75, 3.05) is 20.3 Å². The maximum Gasteiger partial charge on any atom is 0.223 e. The lowest BCUT2D eigenvalue weighted by molar-refractivity contribution is -0.132. The number of methoxy groups -OCH3 is 1. The van der Waals surface area contributed by atoms with Gasteiger partial charge in [0.15, 0.2) is 17.3 Å². The van der Waals surface area contributed by atoms with Crippen molar-refractivity contribution in [1.29, 1.82) is 0 Å². The van der Waals surface area contributed by atoms with Crippen molar-refractivity contribution in [3.8, 4) is 11.5 Å². The molecule has 2 aromatic rings. The van der Waals surface area contributed by atoms with Gasteiger partial charge in [-0.3, -0.25) is 9.59 Å². The molecule has 0 N–H and O–H groups in total. The topological polar surface area (TPSA) is 55.8 Å². The number of Topliss-reactive ketones (excluding diaryl/α,β-unsaturated/α-hetero) is 1. The van der Waals surface area contributed by atoms with Crippen molar-refractivity contribution in [3.63, 3.8) is 0 Å². The maximum absolute atomic E-state index is 13.2. The molecule has 1 atom stereocenters. The molecule has 0 aromatic heterocycles. The molecule has 1 aliphatic heterocycles. The lowest BCUT2D eigenvalue weighted by atomic mass is 10.0. The molecule has 1 fully saturated rings. The molecule has 1 saturated heterocycles. The molecular formula is C23H26FNO4. The second-order valence-electron chi connectivity index (χ2n) is 7.17. The number of nitrogens with zero attached hydrogens (tertiary/aromatic N) is 1. The second-order valence-corrected chi connectivity index (χ2v) is 7.17. The minimum absolute atomic E-state index is 0.0169. The molecule has 0 unspecified atom stereocenters. The van der Waals surface area contributed by atoms with Crippen LogP contribution in [0.5, 0.6) is 11.5 Å². The van der Waals surface area contributed by atoms with Crippen molar-refractivity contribution >= 4 is 11.7 Å². The molecule has 0 saturated carbocycles. The third kappa shape index (κ3) is 5.13. The maximum atomic E-state index is 13.2. The third-order valence-electron chi connectivity index (χ3n) is 5.19. The van der Waals surface area contributed by atoms with E-state index < -0.39 is 0 Å². The van der Waals surface area contributed by atoms with E-state index in [1.165, 1.54) is 26.2 Å². The van der Waals surface area contributed by atoms with Gasteiger partial charge in [-0.2, -0.15) is 0 Å². The van der Waals surface area contributed by atoms with Gasteiger partial charge in [0.2, 0.25) is 5.91 Å². The summed E-state index contributed by atoms with van der Waals surface area (Å²) in [5, 5.41) is 0. The first kappa shape index (κ1) is 20.8. The summed E-state index contributed by atoms with van der Waals surface area (Å²) in [7, 11) is 1.53. The number of hydrogen-bond acceptors (Lipinski definition) is 4. The van der Waals surface area contributed by atoms with Crippen LogP contribution in [0.3, 0.4) is 0 Å². The van der Waals surface area contributed by atoms with Crippen LogP contribution >= 0.6 is 0 Å². The molecule has 1 aliphatic rings. The smallest absolute Gasteiger partial charge is 0.223 e. The zero-order chi connectivity index (χ0) is 20.8. The van der Waals surface area contributed by atoms with Gasteiger partial charge in [-0.05, 0) is 62.1 Å². The van der Waals surface area contributed by atoms with E-state index in [1.54, 1.807) is 30.3 Å². The molecule has 6 heteroatoms. The summed E-state index contributed by atoms with van der Waals surface area (Å²) < 4.78 is 24.2. The molecule has 0 spiro atoms. The highest BCUT2D eigenvalue weighted by molar-refractivity contribution is 5.94. The van der Waals surface area contributed by atoms with Crippen LogP contribution in [0.2, 0.25) is 0 Å². The van der Waals surface area contributed by atoms with Crippen LogP contribution in [0.25, 0.3) is 0 Å². The van der Waals surface area contributed by atoms with Gasteiger partial charge >= 0.3 is 0 Å². The standard InChI is InChI=1S/C23H26FNO4/c1-16(26)18-9-12-21(22(15-18)28-2)29-14-4-6-23(27)25-13-3-5-20(25)17-7-10-19(24)11-8-17/h7-12,15,20H,3-6,13-14H2,1-2H3/t20-/m0/s1. The molecule has 0 bridgehead atoms. The summed E-state index contributed by atoms with van der Waals surface area (Å²) in [5.74, 6) is 0.824. The number of benzene rings is 2. The van der Waals surface area contributed by atoms with E-state index >= 15 is 0 Å². The second kappa shape index (κ2) is 9.54. The highest BCUT2D eigenvalue weighted by atomic mass is 19.1. The highest BCUT2D eigenvalue weighted by Crippen LogP contribution is 2.33. The number of amides is 1. The first-order valence-electron chi connectivity index (χ1n) is 9.86. The van der Waals surface area contributed by atoms with Crippen LogP contribution in [0, 0.1) is 5.82 Å². The van der Waals surface area contributed by atoms with Crippen LogP contribution in [0.1, 0.15) is 54.6 Å². The summed E-state index contributed by atoms with van der Waals surface area (Å²) in [4.78, 5) is 26.0. The summed E-state index contributed by atoms with van der Waals surface area (Å²) in [5.41, 5.74) is 1.54. The molecule has 0 aliphatic carbocycles. The monoisotopic (exact) mass is 399 g/mol. The summed E-state index contributed by atoms with van der Waals surface area (Å²) in [6, 6.07) is 11.5. The average Bonchev–Trinajstić information content (AvgIpc) is 3.21. The minimum Gasteiger partial charge on any atom is -0.493 e. The van der Waals surface area contributed by atoms with E-state index in [0.717, 1.165) is 24.9 Å². The number of carbonyl (C=O) groups excluding carboxylic acids is 2. The molecule has 1 amide bonds. The molecule has 5 nitrogen and oxygen atoms in total. The number of ether oxygens (including phenoxy) is 2. The quantitative estimate of drug-likeness (QED) is 0.482. The Labute approximate surface area is 170 Å². The number of ketones is 1. The Bertz CT molecular complexity index is 866. The van der Waals surface area contributed by atoms with Crippen molar-refractivity contribution in [2.45, 2.75) is 38.6 Å². The predicted octanol–water partition coefficient (Wildman–Crippen LogP) is 4.56. The van der Waals surface area contributed by atoms with E-state index in [2.05, 4.69) is 0 Å². The Kier molecular flexibility index (Phi) is 6.86. The number of carbonyl (C=O) groups is 2. The van der Waals surface area contributed by atoms with Gasteiger partial charge in [0.1, 0.15) is 5.82 Å². The molecule has 0 radical (unpaired) electrons. The first-order valence-corrected chi connectivity index (χ1v) is 9.86. The molecule has 29 heavy (non-hydrogen) atoms. The first-order chi connectivity index (χ1) is 14.0. The van der Waals surface area contributed by atoms with Gasteiger partial charge in [-0.25, -0.2) is 4.39 Å². The number of rotatable bonds is 8. The molecule has 3 rings (SSSR count). The number of likely N-dealkylation sites (tertiary alicyclic amines) is 1. The fourth-order valence-electron chi connectivity index (χ4n) is 3.65. The van der Waals surface area contributed by atoms with Gasteiger partial charge < -0.3 is 14.4 Å². The highest BCUT2D eigenvalue weighted by Gasteiger charge is 2.29. The Morgan fingerprint density at radius 3 is 2.59 bits per heavy atom. The van der Waals surface area contributed by atoms with E-state index in [4.69, 9.17) is 9.47 Å². The van der Waals surface area contributed by atoms with Crippen LogP contribution in [-0.4, -0.2) is 36.9 Å². The largest absolute Gasteiger partial charge is 0.493 e. The van der Waals surface area contributed by atoms with Gasteiger partial charge in [-0.15, -0.1) is 0 Å². The van der Waals surface area contributed by atoms with Gasteiger partial charge in [0, 0.05) is 18.5 Å². The predicted molar refractivity (Wildman–Crippen MR) is 108 cm³/mol. The fourth-order valence-corrected chi connectivity index (χ4v) is 3.65. The summed E-state index contributed by atoms with van der Waals surface area (Å²) in [6.45, 7) is 2.59. The van der Waals surface area contributed by atoms with Gasteiger partial charge in [0.05, 0.1) is 19.8 Å². The Hall–Kier alpha value is -2.89. The Morgan fingerprint density at radius 2 is 1.90 bits per heavy atom. The van der Waals surface area contributed by atoms with Crippen LogP contribution in [0.15, 0.2) is 42.5 Å². The van der Waals surface area contributed by atoms with Crippen molar-refractivity contribution in [3.05, 3.63) is 59.4 Å². The molecule has 2 aromatic carbocycles. The Morgan fingerprint density at radius 1 is 1.14 bits per heavy atom. The van der Waals surface area contributed by atoms with E-state index in [0.29, 0.717) is 36.5 Å². The van der Waals surface area contributed by atoms with Gasteiger partial charge in [0.25, 0.3) is 0 Å². The van der Waals surface area contributed by atoms with Crippen LogP contribution in [-0.2, 0) is 4.79 Å². The summed E-state index contributed by atoms with van der Waals surface area (Å²) >= 11 is 0. The molecular weight excluding hydrogens is 373 g/mol. The van der Waals surface area contributed by atoms with E-state index in [-0.39, 0.29) is 23.5 Å². The zero-order valence-electron chi connectivity index (χ0n) is 16.8. The van der Waals surface area contributed by atoms with Crippen LogP contribution < -0.4 is 9.47 Å². The van der Waals surface area contributed by atoms with E-state index in [1.807, 2.05) is 4.90 Å². The normalized spacial score (nSPS) is 16.0. The molecule has 154 valence electrons. The van der Waals surface area contributed by atoms with Gasteiger partial charge in [-0.1, -0.05) is 12.1 Å².